The molecule has 2 amide bonds. The topological polar surface area (TPSA) is 77.9 Å². The van der Waals surface area contributed by atoms with E-state index in [1.54, 1.807) is 44.2 Å². The van der Waals surface area contributed by atoms with Crippen LogP contribution in [0.3, 0.4) is 0 Å². The van der Waals surface area contributed by atoms with E-state index in [-0.39, 0.29) is 37.8 Å². The molecular weight excluding hydrogens is 503 g/mol. The maximum atomic E-state index is 13.9. The van der Waals surface area contributed by atoms with Crippen molar-refractivity contribution >= 4 is 29.5 Å². The first-order chi connectivity index (χ1) is 17.3. The minimum absolute atomic E-state index is 0.0202. The highest BCUT2D eigenvalue weighted by molar-refractivity contribution is 7.11. The van der Waals surface area contributed by atoms with Gasteiger partial charge in [-0.25, -0.2) is 4.98 Å². The Morgan fingerprint density at radius 3 is 2.32 bits per heavy atom. The number of aliphatic imine (C=N–C) groups is 1. The number of hydrogen-bond donors (Lipinski definition) is 1. The molecule has 1 aromatic carbocycles. The van der Waals surface area contributed by atoms with Crippen LogP contribution < -0.4 is 5.32 Å². The van der Waals surface area contributed by atoms with Crippen LogP contribution in [-0.2, 0) is 11.2 Å². The number of aryl methyl sites for hydroxylation is 1. The molecule has 0 unspecified atom stereocenters. The van der Waals surface area contributed by atoms with Gasteiger partial charge >= 0.3 is 6.18 Å². The molecule has 1 saturated carbocycles. The average molecular weight is 538 g/mol. The van der Waals surface area contributed by atoms with Gasteiger partial charge in [-0.2, -0.15) is 18.2 Å². The van der Waals surface area contributed by atoms with E-state index in [2.05, 4.69) is 15.3 Å². The number of aromatic nitrogens is 1. The van der Waals surface area contributed by atoms with Crippen LogP contribution in [0.15, 0.2) is 35.5 Å². The molecule has 1 aliphatic carbocycles. The number of nitrogens with zero attached hydrogens (tertiary/aromatic N) is 4. The maximum absolute atomic E-state index is 13.9. The summed E-state index contributed by atoms with van der Waals surface area (Å²) < 4.78 is 41.7. The monoisotopic (exact) mass is 537 g/mol. The molecule has 0 saturated heterocycles. The van der Waals surface area contributed by atoms with E-state index in [0.29, 0.717) is 17.0 Å². The zero-order valence-corrected chi connectivity index (χ0v) is 22.6. The SMILES string of the molecule is Cc1cnc([C@@H](CC(=O)NC[C@H](Cc2ccc(C(=O)/N=C/N(C)C)cc2)N(C)C)C2(C(F)(F)F)CC2)s1. The van der Waals surface area contributed by atoms with Crippen molar-refractivity contribution in [1.29, 1.82) is 0 Å². The van der Waals surface area contributed by atoms with E-state index < -0.39 is 23.4 Å². The summed E-state index contributed by atoms with van der Waals surface area (Å²) >= 11 is 1.22. The van der Waals surface area contributed by atoms with Crippen LogP contribution in [0, 0.1) is 12.3 Å². The molecule has 2 aromatic rings. The van der Waals surface area contributed by atoms with Crippen LogP contribution in [0.2, 0.25) is 0 Å². The van der Waals surface area contributed by atoms with Crippen molar-refractivity contribution in [2.45, 2.75) is 50.7 Å². The lowest BCUT2D eigenvalue weighted by atomic mass is 9.85. The standard InChI is InChI=1S/C26H34F3N5O2S/c1-17-14-31-24(37-17)21(25(10-11-25)26(27,28)29)13-22(35)30-15-20(34(4)5)12-18-6-8-19(9-7-18)23(36)32-16-33(2)3/h6-9,14,16,20-21H,10-13,15H2,1-5H3,(H,30,35)/b32-16+/t20-,21+/m0/s1. The van der Waals surface area contributed by atoms with Gasteiger partial charge in [0, 0.05) is 55.7 Å². The number of nitrogens with one attached hydrogen (secondary N) is 1. The molecule has 3 rings (SSSR count). The molecule has 11 heteroatoms. The summed E-state index contributed by atoms with van der Waals surface area (Å²) in [5, 5.41) is 3.22. The zero-order valence-electron chi connectivity index (χ0n) is 21.8. The lowest BCUT2D eigenvalue weighted by molar-refractivity contribution is -0.194. The molecule has 0 radical (unpaired) electrons. The molecule has 37 heavy (non-hydrogen) atoms. The second kappa shape index (κ2) is 11.7. The van der Waals surface area contributed by atoms with Crippen molar-refractivity contribution in [3.63, 3.8) is 0 Å². The average Bonchev–Trinajstić information content (AvgIpc) is 3.54. The molecular formula is C26H34F3N5O2S. The number of rotatable bonds is 11. The van der Waals surface area contributed by atoms with Crippen LogP contribution in [0.25, 0.3) is 0 Å². The van der Waals surface area contributed by atoms with E-state index in [4.69, 9.17) is 0 Å². The van der Waals surface area contributed by atoms with Crippen LogP contribution in [-0.4, -0.2) is 79.9 Å². The Balaban J connectivity index is 1.63. The molecule has 1 N–H and O–H groups in total. The number of carbonyl (C=O) groups is 2. The molecule has 0 bridgehead atoms. The Morgan fingerprint density at radius 1 is 1.19 bits per heavy atom. The van der Waals surface area contributed by atoms with Gasteiger partial charge in [-0.15, -0.1) is 11.3 Å². The highest BCUT2D eigenvalue weighted by atomic mass is 32.1. The Labute approximate surface area is 219 Å². The summed E-state index contributed by atoms with van der Waals surface area (Å²) in [4.78, 5) is 37.6. The number of carbonyl (C=O) groups excluding carboxylic acids is 2. The molecule has 0 spiro atoms. The van der Waals surface area contributed by atoms with E-state index in [0.717, 1.165) is 10.4 Å². The molecule has 1 fully saturated rings. The Bertz CT molecular complexity index is 1110. The first-order valence-electron chi connectivity index (χ1n) is 12.1. The fourth-order valence-corrected chi connectivity index (χ4v) is 5.23. The lowest BCUT2D eigenvalue weighted by Gasteiger charge is -2.28. The van der Waals surface area contributed by atoms with Crippen LogP contribution in [0.1, 0.15) is 51.0 Å². The van der Waals surface area contributed by atoms with Gasteiger partial charge in [0.2, 0.25) is 5.91 Å². The van der Waals surface area contributed by atoms with Gasteiger partial charge in [-0.1, -0.05) is 12.1 Å². The number of amides is 2. The third-order valence-electron chi connectivity index (χ3n) is 6.69. The van der Waals surface area contributed by atoms with Crippen LogP contribution >= 0.6 is 11.3 Å². The first-order valence-corrected chi connectivity index (χ1v) is 12.9. The fourth-order valence-electron chi connectivity index (χ4n) is 4.24. The summed E-state index contributed by atoms with van der Waals surface area (Å²) in [5.41, 5.74) is -0.435. The summed E-state index contributed by atoms with van der Waals surface area (Å²) in [7, 11) is 7.32. The van der Waals surface area contributed by atoms with Crippen LogP contribution in [0.5, 0.6) is 0 Å². The Hall–Kier alpha value is -2.79. The van der Waals surface area contributed by atoms with Gasteiger partial charge in [0.25, 0.3) is 5.91 Å². The van der Waals surface area contributed by atoms with E-state index in [1.165, 1.54) is 17.7 Å². The predicted octanol–water partition coefficient (Wildman–Crippen LogP) is 4.29. The molecule has 7 nitrogen and oxygen atoms in total. The summed E-state index contributed by atoms with van der Waals surface area (Å²) in [6.07, 6.45) is -0.997. The van der Waals surface area contributed by atoms with Gasteiger partial charge in [0.05, 0.1) is 16.8 Å². The first kappa shape index (κ1) is 28.8. The van der Waals surface area contributed by atoms with Crippen molar-refractivity contribution in [2.75, 3.05) is 34.7 Å². The minimum atomic E-state index is -4.38. The Kier molecular flexibility index (Phi) is 9.12. The van der Waals surface area contributed by atoms with Crippen molar-refractivity contribution < 1.29 is 22.8 Å². The molecule has 1 aliphatic rings. The van der Waals surface area contributed by atoms with Gasteiger partial charge < -0.3 is 15.1 Å². The number of halogens is 3. The highest BCUT2D eigenvalue weighted by Crippen LogP contribution is 2.66. The third-order valence-corrected chi connectivity index (χ3v) is 7.72. The van der Waals surface area contributed by atoms with Gasteiger partial charge in [-0.3, -0.25) is 9.59 Å². The zero-order chi connectivity index (χ0) is 27.4. The quantitative estimate of drug-likeness (QED) is 0.342. The van der Waals surface area contributed by atoms with Crippen molar-refractivity contribution in [2.24, 2.45) is 10.4 Å². The highest BCUT2D eigenvalue weighted by Gasteiger charge is 2.68. The lowest BCUT2D eigenvalue weighted by Crippen LogP contribution is -2.42. The molecule has 0 aliphatic heterocycles. The van der Waals surface area contributed by atoms with E-state index >= 15 is 0 Å². The second-order valence-electron chi connectivity index (χ2n) is 10.1. The predicted molar refractivity (Wildman–Crippen MR) is 139 cm³/mol. The van der Waals surface area contributed by atoms with Crippen LogP contribution in [0.4, 0.5) is 13.2 Å². The van der Waals surface area contributed by atoms with E-state index in [9.17, 15) is 22.8 Å². The number of hydrogen-bond acceptors (Lipinski definition) is 5. The number of thiazole rings is 1. The third kappa shape index (κ3) is 7.38. The summed E-state index contributed by atoms with van der Waals surface area (Å²) in [6, 6.07) is 7.02. The van der Waals surface area contributed by atoms with Crippen molar-refractivity contribution in [3.8, 4) is 0 Å². The fraction of sp³-hybridized carbons (Fsp3) is 0.538. The molecule has 2 atom stereocenters. The summed E-state index contributed by atoms with van der Waals surface area (Å²) in [5.74, 6) is -1.74. The number of benzene rings is 1. The normalized spacial score (nSPS) is 16.6. The van der Waals surface area contributed by atoms with Crippen molar-refractivity contribution in [3.05, 3.63) is 51.5 Å². The largest absolute Gasteiger partial charge is 0.395 e. The number of likely N-dealkylation sites (N-methyl/N-ethyl adjacent to an activating group) is 1. The Morgan fingerprint density at radius 2 is 1.84 bits per heavy atom. The molecule has 1 aromatic heterocycles. The molecule has 1 heterocycles. The smallest absolute Gasteiger partial charge is 0.369 e. The van der Waals surface area contributed by atoms with E-state index in [1.807, 2.05) is 31.1 Å². The maximum Gasteiger partial charge on any atom is 0.395 e. The van der Waals surface area contributed by atoms with Gasteiger partial charge in [-0.05, 0) is 58.0 Å². The van der Waals surface area contributed by atoms with Gasteiger partial charge in [0.1, 0.15) is 0 Å². The number of alkyl halides is 3. The second-order valence-corrected chi connectivity index (χ2v) is 11.3. The minimum Gasteiger partial charge on any atom is -0.369 e. The summed E-state index contributed by atoms with van der Waals surface area (Å²) in [6.45, 7) is 2.08. The van der Waals surface area contributed by atoms with Crippen molar-refractivity contribution in [1.82, 2.24) is 20.1 Å². The molecule has 202 valence electrons. The van der Waals surface area contributed by atoms with Gasteiger partial charge in [0.15, 0.2) is 0 Å².